The van der Waals surface area contributed by atoms with Crippen LogP contribution in [0.1, 0.15) is 27.2 Å². The van der Waals surface area contributed by atoms with E-state index in [2.05, 4.69) is 25.8 Å². The summed E-state index contributed by atoms with van der Waals surface area (Å²) in [5.74, 6) is 0.335. The summed E-state index contributed by atoms with van der Waals surface area (Å²) in [5.41, 5.74) is 4.31. The molecule has 1 aromatic carbocycles. The van der Waals surface area contributed by atoms with Crippen molar-refractivity contribution in [1.82, 2.24) is 15.2 Å². The Morgan fingerprint density at radius 1 is 1.00 bits per heavy atom. The molecule has 0 aliphatic carbocycles. The Hall–Kier alpha value is -3.28. The first-order valence-electron chi connectivity index (χ1n) is 7.97. The van der Waals surface area contributed by atoms with Crippen LogP contribution in [-0.4, -0.2) is 21.1 Å². The summed E-state index contributed by atoms with van der Waals surface area (Å²) in [7, 11) is 0. The standard InChI is InChI=1S/C19H19N5O/c1-13-4-3-5-16(14(13)2)22-19(25)17-6-7-18(24-23-17)21-12-15-8-10-20-11-9-15/h3-11H,12H2,1-2H3,(H,21,24)(H,22,25). The van der Waals surface area contributed by atoms with E-state index in [1.165, 1.54) is 0 Å². The third-order valence-electron chi connectivity index (χ3n) is 3.97. The van der Waals surface area contributed by atoms with Crippen molar-refractivity contribution in [1.29, 1.82) is 0 Å². The van der Waals surface area contributed by atoms with Gasteiger partial charge in [-0.1, -0.05) is 12.1 Å². The van der Waals surface area contributed by atoms with Crippen LogP contribution in [0.15, 0.2) is 54.9 Å². The fourth-order valence-corrected chi connectivity index (χ4v) is 2.31. The lowest BCUT2D eigenvalue weighted by Gasteiger charge is -2.10. The molecule has 0 aliphatic heterocycles. The quantitative estimate of drug-likeness (QED) is 0.748. The molecule has 0 radical (unpaired) electrons. The third kappa shape index (κ3) is 4.17. The highest BCUT2D eigenvalue weighted by Gasteiger charge is 2.10. The zero-order valence-electron chi connectivity index (χ0n) is 14.2. The van der Waals surface area contributed by atoms with Crippen LogP contribution in [0.25, 0.3) is 0 Å². The fraction of sp³-hybridized carbons (Fsp3) is 0.158. The molecule has 0 fully saturated rings. The van der Waals surface area contributed by atoms with Gasteiger partial charge in [0.25, 0.3) is 5.91 Å². The number of carbonyl (C=O) groups is 1. The molecule has 2 N–H and O–H groups in total. The molecule has 0 aliphatic rings. The largest absolute Gasteiger partial charge is 0.365 e. The Bertz CT molecular complexity index is 863. The monoisotopic (exact) mass is 333 g/mol. The molecule has 2 heterocycles. The lowest BCUT2D eigenvalue weighted by atomic mass is 10.1. The van der Waals surface area contributed by atoms with E-state index in [0.29, 0.717) is 12.4 Å². The normalized spacial score (nSPS) is 10.3. The SMILES string of the molecule is Cc1cccc(NC(=O)c2ccc(NCc3ccncc3)nn2)c1C. The van der Waals surface area contributed by atoms with Crippen molar-refractivity contribution in [2.45, 2.75) is 20.4 Å². The number of rotatable bonds is 5. The minimum Gasteiger partial charge on any atom is -0.365 e. The third-order valence-corrected chi connectivity index (χ3v) is 3.97. The molecule has 0 bridgehead atoms. The van der Waals surface area contributed by atoms with E-state index in [-0.39, 0.29) is 11.6 Å². The van der Waals surface area contributed by atoms with Gasteiger partial charge >= 0.3 is 0 Å². The Morgan fingerprint density at radius 2 is 1.80 bits per heavy atom. The molecule has 0 unspecified atom stereocenters. The number of amides is 1. The smallest absolute Gasteiger partial charge is 0.276 e. The molecule has 126 valence electrons. The van der Waals surface area contributed by atoms with Crippen molar-refractivity contribution in [2.75, 3.05) is 10.6 Å². The number of pyridine rings is 1. The van der Waals surface area contributed by atoms with Crippen LogP contribution in [0.3, 0.4) is 0 Å². The number of nitrogens with one attached hydrogen (secondary N) is 2. The fourth-order valence-electron chi connectivity index (χ4n) is 2.31. The molecule has 0 spiro atoms. The molecule has 2 aromatic heterocycles. The zero-order valence-corrected chi connectivity index (χ0v) is 14.2. The first-order chi connectivity index (χ1) is 12.1. The molecule has 3 rings (SSSR count). The van der Waals surface area contributed by atoms with Crippen molar-refractivity contribution in [2.24, 2.45) is 0 Å². The van der Waals surface area contributed by atoms with Gasteiger partial charge in [-0.2, -0.15) is 0 Å². The maximum Gasteiger partial charge on any atom is 0.276 e. The second kappa shape index (κ2) is 7.53. The van der Waals surface area contributed by atoms with Crippen LogP contribution in [0.4, 0.5) is 11.5 Å². The summed E-state index contributed by atoms with van der Waals surface area (Å²) in [5, 5.41) is 14.1. The summed E-state index contributed by atoms with van der Waals surface area (Å²) in [6.45, 7) is 4.60. The Balaban J connectivity index is 1.63. The van der Waals surface area contributed by atoms with Crippen LogP contribution >= 0.6 is 0 Å². The molecule has 0 saturated heterocycles. The Labute approximate surface area is 146 Å². The van der Waals surface area contributed by atoms with Crippen molar-refractivity contribution < 1.29 is 4.79 Å². The van der Waals surface area contributed by atoms with Crippen LogP contribution in [0.2, 0.25) is 0 Å². The summed E-state index contributed by atoms with van der Waals surface area (Å²) >= 11 is 0. The van der Waals surface area contributed by atoms with Gasteiger partial charge in [0.2, 0.25) is 0 Å². The predicted octanol–water partition coefficient (Wildman–Crippen LogP) is 3.35. The molecule has 6 heteroatoms. The van der Waals surface area contributed by atoms with Crippen molar-refractivity contribution in [3.05, 3.63) is 77.2 Å². The first-order valence-corrected chi connectivity index (χ1v) is 7.97. The van der Waals surface area contributed by atoms with Crippen LogP contribution in [0.5, 0.6) is 0 Å². The second-order valence-electron chi connectivity index (χ2n) is 5.71. The van der Waals surface area contributed by atoms with Gasteiger partial charge in [-0.25, -0.2) is 0 Å². The number of nitrogens with zero attached hydrogens (tertiary/aromatic N) is 3. The van der Waals surface area contributed by atoms with Gasteiger partial charge in [-0.05, 0) is 60.9 Å². The lowest BCUT2D eigenvalue weighted by molar-refractivity contribution is 0.102. The van der Waals surface area contributed by atoms with E-state index >= 15 is 0 Å². The van der Waals surface area contributed by atoms with E-state index in [9.17, 15) is 4.79 Å². The molecule has 3 aromatic rings. The average molecular weight is 333 g/mol. The summed E-state index contributed by atoms with van der Waals surface area (Å²) in [6, 6.07) is 13.0. The lowest BCUT2D eigenvalue weighted by Crippen LogP contribution is -2.15. The van der Waals surface area contributed by atoms with Gasteiger partial charge in [0.05, 0.1) is 0 Å². The highest BCUT2D eigenvalue weighted by Crippen LogP contribution is 2.18. The zero-order chi connectivity index (χ0) is 17.6. The van der Waals surface area contributed by atoms with Crippen molar-refractivity contribution >= 4 is 17.4 Å². The highest BCUT2D eigenvalue weighted by atomic mass is 16.1. The molecule has 0 atom stereocenters. The van der Waals surface area contributed by atoms with Crippen molar-refractivity contribution in [3.63, 3.8) is 0 Å². The van der Waals surface area contributed by atoms with E-state index in [0.717, 1.165) is 22.4 Å². The van der Waals surface area contributed by atoms with Gasteiger partial charge in [-0.15, -0.1) is 10.2 Å². The Kier molecular flexibility index (Phi) is 4.99. The van der Waals surface area contributed by atoms with Crippen LogP contribution < -0.4 is 10.6 Å². The first kappa shape index (κ1) is 16.6. The van der Waals surface area contributed by atoms with Gasteiger partial charge in [-0.3, -0.25) is 9.78 Å². The van der Waals surface area contributed by atoms with E-state index in [1.807, 2.05) is 44.2 Å². The molecular formula is C19H19N5O. The summed E-state index contributed by atoms with van der Waals surface area (Å²) < 4.78 is 0. The Morgan fingerprint density at radius 3 is 2.52 bits per heavy atom. The van der Waals surface area contributed by atoms with Gasteiger partial charge < -0.3 is 10.6 Å². The van der Waals surface area contributed by atoms with E-state index in [1.54, 1.807) is 24.5 Å². The van der Waals surface area contributed by atoms with Crippen LogP contribution in [0, 0.1) is 13.8 Å². The predicted molar refractivity (Wildman–Crippen MR) is 97.5 cm³/mol. The number of hydrogen-bond acceptors (Lipinski definition) is 5. The molecule has 6 nitrogen and oxygen atoms in total. The average Bonchev–Trinajstić information content (AvgIpc) is 2.65. The topological polar surface area (TPSA) is 79.8 Å². The number of carbonyl (C=O) groups excluding carboxylic acids is 1. The number of anilines is 2. The van der Waals surface area contributed by atoms with E-state index < -0.39 is 0 Å². The highest BCUT2D eigenvalue weighted by molar-refractivity contribution is 6.03. The minimum absolute atomic E-state index is 0.273. The van der Waals surface area contributed by atoms with Gasteiger partial charge in [0, 0.05) is 24.6 Å². The minimum atomic E-state index is -0.276. The summed E-state index contributed by atoms with van der Waals surface area (Å²) in [6.07, 6.45) is 3.48. The number of aromatic nitrogens is 3. The van der Waals surface area contributed by atoms with Crippen LogP contribution in [-0.2, 0) is 6.54 Å². The van der Waals surface area contributed by atoms with Gasteiger partial charge in [0.1, 0.15) is 5.82 Å². The molecule has 0 saturated carbocycles. The summed E-state index contributed by atoms with van der Waals surface area (Å²) in [4.78, 5) is 16.3. The number of benzene rings is 1. The van der Waals surface area contributed by atoms with Gasteiger partial charge in [0.15, 0.2) is 5.69 Å². The number of aryl methyl sites for hydroxylation is 1. The number of hydrogen-bond donors (Lipinski definition) is 2. The molecule has 1 amide bonds. The van der Waals surface area contributed by atoms with Crippen molar-refractivity contribution in [3.8, 4) is 0 Å². The maximum atomic E-state index is 12.3. The molecule has 25 heavy (non-hydrogen) atoms. The van der Waals surface area contributed by atoms with E-state index in [4.69, 9.17) is 0 Å². The molecular weight excluding hydrogens is 314 g/mol. The second-order valence-corrected chi connectivity index (χ2v) is 5.71. The maximum absolute atomic E-state index is 12.3.